The van der Waals surface area contributed by atoms with Gasteiger partial charge in [-0.05, 0) is 62.1 Å². The van der Waals surface area contributed by atoms with Gasteiger partial charge in [-0.2, -0.15) is 4.31 Å². The molecule has 0 spiro atoms. The average molecular weight is 487 g/mol. The Morgan fingerprint density at radius 2 is 2.06 bits per heavy atom. The number of thioether (sulfide) groups is 1. The molecule has 3 aromatic rings. The minimum atomic E-state index is -3.54. The molecule has 2 aromatic heterocycles. The van der Waals surface area contributed by atoms with Gasteiger partial charge in [-0.25, -0.2) is 13.4 Å². The van der Waals surface area contributed by atoms with Gasteiger partial charge in [-0.3, -0.25) is 4.79 Å². The summed E-state index contributed by atoms with van der Waals surface area (Å²) in [6, 6.07) is 11.5. The van der Waals surface area contributed by atoms with E-state index in [1.807, 2.05) is 13.0 Å². The van der Waals surface area contributed by atoms with Gasteiger partial charge >= 0.3 is 0 Å². The molecule has 4 rings (SSSR count). The highest BCUT2D eigenvalue weighted by Gasteiger charge is 2.28. The monoisotopic (exact) mass is 486 g/mol. The molecule has 1 unspecified atom stereocenters. The van der Waals surface area contributed by atoms with Crippen LogP contribution < -0.4 is 5.32 Å². The molecular weight excluding hydrogens is 460 g/mol. The van der Waals surface area contributed by atoms with Crippen LogP contribution in [-0.4, -0.2) is 41.9 Å². The first-order valence-electron chi connectivity index (χ1n) is 10.7. The van der Waals surface area contributed by atoms with Crippen molar-refractivity contribution in [1.29, 1.82) is 0 Å². The third-order valence-corrected chi connectivity index (χ3v) is 8.34. The predicted molar refractivity (Wildman–Crippen MR) is 127 cm³/mol. The molecule has 1 saturated heterocycles. The van der Waals surface area contributed by atoms with Crippen LogP contribution in [0.5, 0.6) is 0 Å². The van der Waals surface area contributed by atoms with Gasteiger partial charge in [-0.15, -0.1) is 0 Å². The van der Waals surface area contributed by atoms with Crippen LogP contribution in [0, 0.1) is 12.8 Å². The van der Waals surface area contributed by atoms with E-state index in [1.165, 1.54) is 23.9 Å². The van der Waals surface area contributed by atoms with Gasteiger partial charge in [0.15, 0.2) is 0 Å². The Bertz CT molecular complexity index is 1230. The zero-order chi connectivity index (χ0) is 23.4. The first-order valence-corrected chi connectivity index (χ1v) is 13.2. The number of aryl methyl sites for hydroxylation is 1. The Labute approximate surface area is 197 Å². The molecular formula is C23H26N4O4S2. The van der Waals surface area contributed by atoms with Gasteiger partial charge in [0.05, 0.1) is 16.2 Å². The number of nitrogens with one attached hydrogen (secondary N) is 1. The Morgan fingerprint density at radius 3 is 2.76 bits per heavy atom. The van der Waals surface area contributed by atoms with E-state index >= 15 is 0 Å². The number of sulfonamides is 1. The minimum Gasteiger partial charge on any atom is -0.361 e. The molecule has 10 heteroatoms. The van der Waals surface area contributed by atoms with Crippen LogP contribution in [0.4, 0.5) is 5.69 Å². The van der Waals surface area contributed by atoms with Crippen LogP contribution in [-0.2, 0) is 15.8 Å². The van der Waals surface area contributed by atoms with Crippen molar-refractivity contribution < 1.29 is 17.7 Å². The molecule has 0 saturated carbocycles. The molecule has 1 aliphatic rings. The van der Waals surface area contributed by atoms with E-state index < -0.39 is 10.0 Å². The maximum Gasteiger partial charge on any atom is 0.258 e. The summed E-state index contributed by atoms with van der Waals surface area (Å²) in [6.07, 6.45) is 3.55. The number of piperidine rings is 1. The van der Waals surface area contributed by atoms with E-state index in [0.29, 0.717) is 41.0 Å². The van der Waals surface area contributed by atoms with Crippen molar-refractivity contribution in [2.24, 2.45) is 5.92 Å². The van der Waals surface area contributed by atoms with E-state index in [1.54, 1.807) is 34.8 Å². The van der Waals surface area contributed by atoms with Crippen LogP contribution in [0.25, 0.3) is 0 Å². The summed E-state index contributed by atoms with van der Waals surface area (Å²) < 4.78 is 32.5. The summed E-state index contributed by atoms with van der Waals surface area (Å²) in [7, 11) is -3.54. The lowest BCUT2D eigenvalue weighted by atomic mass is 10.0. The van der Waals surface area contributed by atoms with Gasteiger partial charge < -0.3 is 9.84 Å². The third-order valence-electron chi connectivity index (χ3n) is 5.42. The Morgan fingerprint density at radius 1 is 1.27 bits per heavy atom. The van der Waals surface area contributed by atoms with E-state index in [-0.39, 0.29) is 10.8 Å². The number of nitrogens with zero attached hydrogens (tertiary/aromatic N) is 3. The van der Waals surface area contributed by atoms with Crippen LogP contribution in [0.2, 0.25) is 0 Å². The first-order chi connectivity index (χ1) is 15.8. The fraction of sp³-hybridized carbons (Fsp3) is 0.348. The van der Waals surface area contributed by atoms with Crippen LogP contribution >= 0.6 is 11.8 Å². The smallest absolute Gasteiger partial charge is 0.258 e. The summed E-state index contributed by atoms with van der Waals surface area (Å²) in [6.45, 7) is 4.97. The molecule has 0 bridgehead atoms. The number of amides is 1. The summed E-state index contributed by atoms with van der Waals surface area (Å²) >= 11 is 1.39. The molecule has 1 N–H and O–H groups in total. The zero-order valence-corrected chi connectivity index (χ0v) is 20.2. The van der Waals surface area contributed by atoms with Gasteiger partial charge in [0, 0.05) is 36.8 Å². The predicted octanol–water partition coefficient (Wildman–Crippen LogP) is 4.34. The highest BCUT2D eigenvalue weighted by atomic mass is 32.2. The van der Waals surface area contributed by atoms with Gasteiger partial charge in [0.25, 0.3) is 5.91 Å². The molecule has 1 aromatic carbocycles. The van der Waals surface area contributed by atoms with Crippen molar-refractivity contribution in [3.8, 4) is 0 Å². The summed E-state index contributed by atoms with van der Waals surface area (Å²) in [4.78, 5) is 17.4. The molecule has 0 radical (unpaired) electrons. The number of benzene rings is 1. The van der Waals surface area contributed by atoms with Crippen LogP contribution in [0.1, 0.15) is 41.6 Å². The largest absolute Gasteiger partial charge is 0.361 e. The lowest BCUT2D eigenvalue weighted by molar-refractivity contribution is 0.102. The van der Waals surface area contributed by atoms with Crippen molar-refractivity contribution >= 4 is 33.4 Å². The van der Waals surface area contributed by atoms with Gasteiger partial charge in [0.1, 0.15) is 10.8 Å². The highest BCUT2D eigenvalue weighted by molar-refractivity contribution is 7.98. The molecule has 1 amide bonds. The summed E-state index contributed by atoms with van der Waals surface area (Å²) in [5.41, 5.74) is 1.72. The second-order valence-electron chi connectivity index (χ2n) is 8.16. The second-order valence-corrected chi connectivity index (χ2v) is 11.1. The third kappa shape index (κ3) is 5.63. The summed E-state index contributed by atoms with van der Waals surface area (Å²) in [5.74, 6) is 1.29. The van der Waals surface area contributed by atoms with Gasteiger partial charge in [0.2, 0.25) is 10.0 Å². The number of carbonyl (C=O) groups excluding carboxylic acids is 1. The first kappa shape index (κ1) is 23.5. The lowest BCUT2D eigenvalue weighted by Crippen LogP contribution is -2.39. The lowest BCUT2D eigenvalue weighted by Gasteiger charge is -2.30. The normalized spacial score (nSPS) is 17.1. The Kier molecular flexibility index (Phi) is 7.16. The number of hydrogen-bond acceptors (Lipinski definition) is 7. The molecule has 1 aliphatic heterocycles. The van der Waals surface area contributed by atoms with E-state index in [2.05, 4.69) is 22.4 Å². The second kappa shape index (κ2) is 10.1. The van der Waals surface area contributed by atoms with Crippen molar-refractivity contribution in [1.82, 2.24) is 14.4 Å². The van der Waals surface area contributed by atoms with Crippen LogP contribution in [0.15, 0.2) is 63.1 Å². The summed E-state index contributed by atoms with van der Waals surface area (Å²) in [5, 5.41) is 7.37. The molecule has 33 heavy (non-hydrogen) atoms. The molecule has 0 aliphatic carbocycles. The molecule has 3 heterocycles. The van der Waals surface area contributed by atoms with Crippen molar-refractivity contribution in [2.45, 2.75) is 42.4 Å². The van der Waals surface area contributed by atoms with Crippen molar-refractivity contribution in [2.75, 3.05) is 18.4 Å². The van der Waals surface area contributed by atoms with E-state index in [9.17, 15) is 13.2 Å². The van der Waals surface area contributed by atoms with E-state index in [0.717, 1.165) is 24.3 Å². The Hall–Kier alpha value is -2.69. The highest BCUT2D eigenvalue weighted by Crippen LogP contribution is 2.26. The Balaban J connectivity index is 1.44. The SMILES string of the molecule is Cc1cc(CSc2ncccc2C(=O)Nc2ccc(S(=O)(=O)N3CCCC(C)C3)cc2)no1. The standard InChI is InChI=1S/C23H26N4O4S2/c1-16-5-4-12-27(14-16)33(29,30)20-9-7-18(8-10-20)25-22(28)21-6-3-11-24-23(21)32-15-19-13-17(2)31-26-19/h3,6-11,13,16H,4-5,12,14-15H2,1-2H3,(H,25,28). The quantitative estimate of drug-likeness (QED) is 0.495. The maximum absolute atomic E-state index is 12.9. The molecule has 1 atom stereocenters. The average Bonchev–Trinajstić information content (AvgIpc) is 3.23. The van der Waals surface area contributed by atoms with Gasteiger partial charge in [-0.1, -0.05) is 23.8 Å². The topological polar surface area (TPSA) is 105 Å². The fourth-order valence-electron chi connectivity index (χ4n) is 3.73. The minimum absolute atomic E-state index is 0.232. The number of anilines is 1. The number of aromatic nitrogens is 2. The van der Waals surface area contributed by atoms with E-state index in [4.69, 9.17) is 4.52 Å². The number of hydrogen-bond donors (Lipinski definition) is 1. The number of pyridine rings is 1. The fourth-order valence-corrected chi connectivity index (χ4v) is 6.20. The van der Waals surface area contributed by atoms with Crippen LogP contribution in [0.3, 0.4) is 0 Å². The maximum atomic E-state index is 12.9. The number of rotatable bonds is 7. The zero-order valence-electron chi connectivity index (χ0n) is 18.5. The molecule has 8 nitrogen and oxygen atoms in total. The molecule has 174 valence electrons. The van der Waals surface area contributed by atoms with Crippen molar-refractivity contribution in [3.63, 3.8) is 0 Å². The van der Waals surface area contributed by atoms with Crippen molar-refractivity contribution in [3.05, 3.63) is 65.7 Å². The molecule has 1 fully saturated rings. The number of carbonyl (C=O) groups is 1.